The lowest BCUT2D eigenvalue weighted by atomic mass is 10.1. The Balaban J connectivity index is 2.11. The molecular formula is C22H30N4O8S2. The van der Waals surface area contributed by atoms with E-state index in [0.717, 1.165) is 20.9 Å². The molecule has 1 amide bonds. The number of hydrogen-bond donors (Lipinski definition) is 1. The molecule has 14 heteroatoms. The molecule has 0 fully saturated rings. The van der Waals surface area contributed by atoms with Crippen LogP contribution in [0.25, 0.3) is 0 Å². The molecule has 2 aromatic carbocycles. The van der Waals surface area contributed by atoms with Gasteiger partial charge in [-0.1, -0.05) is 13.0 Å². The Labute approximate surface area is 211 Å². The van der Waals surface area contributed by atoms with Crippen molar-refractivity contribution in [2.45, 2.75) is 31.2 Å². The van der Waals surface area contributed by atoms with Crippen molar-refractivity contribution in [2.24, 2.45) is 0 Å². The molecular weight excluding hydrogens is 512 g/mol. The van der Waals surface area contributed by atoms with Gasteiger partial charge in [0.15, 0.2) is 0 Å². The van der Waals surface area contributed by atoms with Crippen LogP contribution in [0.15, 0.2) is 47.4 Å². The molecule has 36 heavy (non-hydrogen) atoms. The van der Waals surface area contributed by atoms with Crippen LogP contribution in [0.3, 0.4) is 0 Å². The number of nitro benzene ring substituents is 1. The number of benzene rings is 2. The fourth-order valence-electron chi connectivity index (χ4n) is 3.36. The van der Waals surface area contributed by atoms with Crippen LogP contribution in [0.5, 0.6) is 5.75 Å². The van der Waals surface area contributed by atoms with Gasteiger partial charge in [-0.15, -0.1) is 0 Å². The maximum absolute atomic E-state index is 12.9. The van der Waals surface area contributed by atoms with Gasteiger partial charge < -0.3 is 10.1 Å². The van der Waals surface area contributed by atoms with E-state index in [-0.39, 0.29) is 35.8 Å². The maximum Gasteiger partial charge on any atom is 0.271 e. The summed E-state index contributed by atoms with van der Waals surface area (Å²) in [5.74, 6) is -0.205. The first-order valence-electron chi connectivity index (χ1n) is 10.9. The summed E-state index contributed by atoms with van der Waals surface area (Å²) in [6, 6.07) is 8.47. The van der Waals surface area contributed by atoms with Crippen molar-refractivity contribution in [3.05, 3.63) is 58.1 Å². The zero-order valence-corrected chi connectivity index (χ0v) is 22.3. The highest BCUT2D eigenvalue weighted by atomic mass is 32.2. The first kappa shape index (κ1) is 29.0. The average Bonchev–Trinajstić information content (AvgIpc) is 2.80. The molecule has 1 N–H and O–H groups in total. The number of carbonyl (C=O) groups excluding carboxylic acids is 1. The number of hydrogen-bond acceptors (Lipinski definition) is 8. The second-order valence-electron chi connectivity index (χ2n) is 8.11. The van der Waals surface area contributed by atoms with E-state index in [4.69, 9.17) is 4.74 Å². The topological polar surface area (TPSA) is 156 Å². The van der Waals surface area contributed by atoms with Crippen LogP contribution in [0, 0.1) is 17.0 Å². The number of non-ortho nitro benzene ring substituents is 1. The lowest BCUT2D eigenvalue weighted by Crippen LogP contribution is -2.50. The molecule has 0 aliphatic heterocycles. The fraction of sp³-hybridized carbons (Fsp3) is 0.409. The molecule has 0 saturated heterocycles. The highest BCUT2D eigenvalue weighted by Gasteiger charge is 2.33. The van der Waals surface area contributed by atoms with Crippen molar-refractivity contribution in [3.63, 3.8) is 0 Å². The van der Waals surface area contributed by atoms with Crippen LogP contribution in [0.1, 0.15) is 18.9 Å². The molecule has 0 saturated carbocycles. The first-order valence-corrected chi connectivity index (χ1v) is 14.2. The second-order valence-corrected chi connectivity index (χ2v) is 12.1. The Kier molecular flexibility index (Phi) is 9.40. The Morgan fingerprint density at radius 2 is 1.72 bits per heavy atom. The average molecular weight is 543 g/mol. The third-order valence-corrected chi connectivity index (χ3v) is 8.24. The summed E-state index contributed by atoms with van der Waals surface area (Å²) in [5, 5.41) is 13.8. The number of carbonyl (C=O) groups is 1. The Morgan fingerprint density at radius 3 is 2.22 bits per heavy atom. The van der Waals surface area contributed by atoms with Gasteiger partial charge in [0, 0.05) is 26.2 Å². The number of amides is 1. The minimum Gasteiger partial charge on any atom is -0.492 e. The highest BCUT2D eigenvalue weighted by Crippen LogP contribution is 2.30. The van der Waals surface area contributed by atoms with E-state index in [1.54, 1.807) is 13.8 Å². The van der Waals surface area contributed by atoms with Gasteiger partial charge in [0.05, 0.1) is 28.3 Å². The van der Waals surface area contributed by atoms with Crippen LogP contribution in [-0.4, -0.2) is 71.5 Å². The lowest BCUT2D eigenvalue weighted by molar-refractivity contribution is -0.384. The van der Waals surface area contributed by atoms with Gasteiger partial charge >= 0.3 is 0 Å². The van der Waals surface area contributed by atoms with E-state index in [1.807, 2.05) is 0 Å². The molecule has 2 aromatic rings. The van der Waals surface area contributed by atoms with Gasteiger partial charge in [-0.25, -0.2) is 21.1 Å². The highest BCUT2D eigenvalue weighted by molar-refractivity contribution is 7.92. The number of ether oxygens (including phenoxy) is 1. The molecule has 198 valence electrons. The third kappa shape index (κ3) is 6.92. The minimum atomic E-state index is -3.97. The minimum absolute atomic E-state index is 0.0384. The zero-order chi connectivity index (χ0) is 27.3. The number of anilines is 1. The second kappa shape index (κ2) is 11.7. The van der Waals surface area contributed by atoms with Crippen LogP contribution >= 0.6 is 0 Å². The van der Waals surface area contributed by atoms with E-state index < -0.39 is 36.9 Å². The molecule has 0 heterocycles. The SMILES string of the molecule is CC[C@H](C(=O)NCCOc1ccc(S(=O)(=O)N(C)C)cc1)N(c1cc([N+](=O)[O-])ccc1C)S(C)(=O)=O. The van der Waals surface area contributed by atoms with E-state index in [0.29, 0.717) is 11.3 Å². The van der Waals surface area contributed by atoms with Crippen molar-refractivity contribution in [3.8, 4) is 5.75 Å². The summed E-state index contributed by atoms with van der Waals surface area (Å²) in [6.45, 7) is 3.31. The summed E-state index contributed by atoms with van der Waals surface area (Å²) in [6.07, 6.45) is 1.05. The van der Waals surface area contributed by atoms with Gasteiger partial charge in [0.1, 0.15) is 18.4 Å². The number of sulfonamides is 2. The molecule has 2 rings (SSSR count). The number of nitrogens with one attached hydrogen (secondary N) is 1. The predicted octanol–water partition coefficient (Wildman–Crippen LogP) is 1.89. The van der Waals surface area contributed by atoms with Gasteiger partial charge in [-0.05, 0) is 43.2 Å². The molecule has 0 aromatic heterocycles. The lowest BCUT2D eigenvalue weighted by Gasteiger charge is -2.31. The third-order valence-electron chi connectivity index (χ3n) is 5.24. The zero-order valence-electron chi connectivity index (χ0n) is 20.7. The molecule has 0 spiro atoms. The summed E-state index contributed by atoms with van der Waals surface area (Å²) in [5.41, 5.74) is 0.218. The van der Waals surface area contributed by atoms with Crippen molar-refractivity contribution in [1.82, 2.24) is 9.62 Å². The number of rotatable bonds is 12. The number of aryl methyl sites for hydroxylation is 1. The Morgan fingerprint density at radius 1 is 1.11 bits per heavy atom. The quantitative estimate of drug-likeness (QED) is 0.242. The summed E-state index contributed by atoms with van der Waals surface area (Å²) < 4.78 is 57.1. The van der Waals surface area contributed by atoms with E-state index in [9.17, 15) is 31.7 Å². The molecule has 0 radical (unpaired) electrons. The molecule has 0 bridgehead atoms. The standard InChI is InChI=1S/C22H30N4O8S2/c1-6-20(25(35(5,30)31)21-15-17(26(28)29)8-7-16(21)2)22(27)23-13-14-34-18-9-11-19(12-10-18)36(32,33)24(3)4/h7-12,15,20H,6,13-14H2,1-5H3,(H,23,27)/t20-/m1/s1. The largest absolute Gasteiger partial charge is 0.492 e. The molecule has 1 atom stereocenters. The first-order chi connectivity index (χ1) is 16.7. The van der Waals surface area contributed by atoms with E-state index in [1.165, 1.54) is 50.5 Å². The van der Waals surface area contributed by atoms with Crippen LogP contribution < -0.4 is 14.4 Å². The van der Waals surface area contributed by atoms with E-state index >= 15 is 0 Å². The van der Waals surface area contributed by atoms with Crippen LogP contribution in [-0.2, 0) is 24.8 Å². The smallest absolute Gasteiger partial charge is 0.271 e. The number of nitro groups is 1. The predicted molar refractivity (Wildman–Crippen MR) is 135 cm³/mol. The van der Waals surface area contributed by atoms with Gasteiger partial charge in [-0.3, -0.25) is 19.2 Å². The Hall–Kier alpha value is -3.23. The monoisotopic (exact) mass is 542 g/mol. The fourth-order valence-corrected chi connectivity index (χ4v) is 5.53. The van der Waals surface area contributed by atoms with Gasteiger partial charge in [0.25, 0.3) is 5.69 Å². The van der Waals surface area contributed by atoms with Crippen LogP contribution in [0.4, 0.5) is 11.4 Å². The molecule has 0 unspecified atom stereocenters. The normalized spacial score (nSPS) is 12.7. The number of nitrogens with zero attached hydrogens (tertiary/aromatic N) is 3. The summed E-state index contributed by atoms with van der Waals surface area (Å²) >= 11 is 0. The maximum atomic E-state index is 12.9. The van der Waals surface area contributed by atoms with Gasteiger partial charge in [0.2, 0.25) is 26.0 Å². The van der Waals surface area contributed by atoms with Crippen molar-refractivity contribution >= 4 is 37.3 Å². The van der Waals surface area contributed by atoms with Crippen molar-refractivity contribution < 1.29 is 31.3 Å². The summed E-state index contributed by atoms with van der Waals surface area (Å²) in [4.78, 5) is 23.6. The van der Waals surface area contributed by atoms with Crippen molar-refractivity contribution in [2.75, 3.05) is 37.8 Å². The molecule has 0 aliphatic rings. The summed E-state index contributed by atoms with van der Waals surface area (Å²) in [7, 11) is -4.68. The van der Waals surface area contributed by atoms with Crippen LogP contribution in [0.2, 0.25) is 0 Å². The van der Waals surface area contributed by atoms with Crippen molar-refractivity contribution in [1.29, 1.82) is 0 Å². The van der Waals surface area contributed by atoms with E-state index in [2.05, 4.69) is 5.32 Å². The van der Waals surface area contributed by atoms with Gasteiger partial charge in [-0.2, -0.15) is 0 Å². The Bertz CT molecular complexity index is 1310. The molecule has 0 aliphatic carbocycles. The molecule has 12 nitrogen and oxygen atoms in total.